The number of aromatic nitrogens is 2. The molecular weight excluding hydrogens is 198 g/mol. The van der Waals surface area contributed by atoms with Crippen LogP contribution < -0.4 is 5.32 Å². The average molecular weight is 213 g/mol. The van der Waals surface area contributed by atoms with Crippen LogP contribution in [0.2, 0.25) is 0 Å². The monoisotopic (exact) mass is 213 g/mol. The van der Waals surface area contributed by atoms with E-state index in [4.69, 9.17) is 0 Å². The van der Waals surface area contributed by atoms with E-state index in [1.165, 1.54) is 17.5 Å². The Morgan fingerprint density at radius 2 is 2.25 bits per heavy atom. The maximum absolute atomic E-state index is 4.30. The lowest BCUT2D eigenvalue weighted by Crippen LogP contribution is -2.24. The van der Waals surface area contributed by atoms with Crippen molar-refractivity contribution in [2.45, 2.75) is 12.3 Å². The van der Waals surface area contributed by atoms with Gasteiger partial charge in [0.15, 0.2) is 0 Å². The van der Waals surface area contributed by atoms with Gasteiger partial charge in [-0.15, -0.1) is 0 Å². The molecule has 0 radical (unpaired) electrons. The van der Waals surface area contributed by atoms with Crippen molar-refractivity contribution < 1.29 is 0 Å². The maximum Gasteiger partial charge on any atom is 0.147 e. The summed E-state index contributed by atoms with van der Waals surface area (Å²) in [6.07, 6.45) is 3.15. The summed E-state index contributed by atoms with van der Waals surface area (Å²) >= 11 is 0. The van der Waals surface area contributed by atoms with E-state index in [0.717, 1.165) is 12.4 Å². The fourth-order valence-corrected chi connectivity index (χ4v) is 2.28. The first-order valence-electron chi connectivity index (χ1n) is 5.64. The SMILES string of the molecule is Cn1ccc(NCC2Cc3ccccc32)n1. The molecule has 1 aromatic carbocycles. The van der Waals surface area contributed by atoms with Crippen molar-refractivity contribution in [2.75, 3.05) is 11.9 Å². The third-order valence-corrected chi connectivity index (χ3v) is 3.20. The van der Waals surface area contributed by atoms with Gasteiger partial charge in [-0.2, -0.15) is 5.10 Å². The molecule has 0 bridgehead atoms. The van der Waals surface area contributed by atoms with Crippen molar-refractivity contribution >= 4 is 5.82 Å². The Kier molecular flexibility index (Phi) is 2.17. The molecule has 0 saturated carbocycles. The predicted molar refractivity (Wildman–Crippen MR) is 64.6 cm³/mol. The molecule has 0 spiro atoms. The topological polar surface area (TPSA) is 29.9 Å². The molecule has 1 N–H and O–H groups in total. The smallest absolute Gasteiger partial charge is 0.147 e. The molecule has 3 rings (SSSR count). The summed E-state index contributed by atoms with van der Waals surface area (Å²) in [7, 11) is 1.93. The predicted octanol–water partition coefficient (Wildman–Crippen LogP) is 2.17. The summed E-state index contributed by atoms with van der Waals surface area (Å²) in [6.45, 7) is 0.980. The van der Waals surface area contributed by atoms with Crippen LogP contribution in [-0.2, 0) is 13.5 Å². The third kappa shape index (κ3) is 1.58. The van der Waals surface area contributed by atoms with Gasteiger partial charge in [0.05, 0.1) is 0 Å². The summed E-state index contributed by atoms with van der Waals surface area (Å²) < 4.78 is 1.82. The van der Waals surface area contributed by atoms with Crippen LogP contribution in [0.3, 0.4) is 0 Å². The van der Waals surface area contributed by atoms with E-state index in [1.807, 2.05) is 24.0 Å². The fraction of sp³-hybridized carbons (Fsp3) is 0.308. The van der Waals surface area contributed by atoms with Crippen molar-refractivity contribution in [3.8, 4) is 0 Å². The number of benzene rings is 1. The third-order valence-electron chi connectivity index (χ3n) is 3.20. The first-order chi connectivity index (χ1) is 7.83. The van der Waals surface area contributed by atoms with E-state index in [1.54, 1.807) is 0 Å². The highest BCUT2D eigenvalue weighted by molar-refractivity contribution is 5.42. The Balaban J connectivity index is 1.63. The minimum absolute atomic E-state index is 0.651. The standard InChI is InChI=1S/C13H15N3/c1-16-7-6-13(15-16)14-9-11-8-10-4-2-3-5-12(10)11/h2-7,11H,8-9H2,1H3,(H,14,15). The summed E-state index contributed by atoms with van der Waals surface area (Å²) in [5, 5.41) is 7.68. The molecule has 3 nitrogen and oxygen atoms in total. The van der Waals surface area contributed by atoms with Gasteiger partial charge in [-0.3, -0.25) is 4.68 Å². The molecule has 1 atom stereocenters. The van der Waals surface area contributed by atoms with Gasteiger partial charge in [0.25, 0.3) is 0 Å². The molecule has 0 fully saturated rings. The lowest BCUT2D eigenvalue weighted by atomic mass is 9.78. The van der Waals surface area contributed by atoms with Gasteiger partial charge in [-0.1, -0.05) is 24.3 Å². The lowest BCUT2D eigenvalue weighted by molar-refractivity contribution is 0.633. The molecule has 3 heteroatoms. The number of aryl methyl sites for hydroxylation is 1. The van der Waals surface area contributed by atoms with Crippen LogP contribution in [0.25, 0.3) is 0 Å². The highest BCUT2D eigenvalue weighted by atomic mass is 15.3. The van der Waals surface area contributed by atoms with E-state index in [2.05, 4.69) is 34.7 Å². The van der Waals surface area contributed by atoms with E-state index >= 15 is 0 Å². The minimum Gasteiger partial charge on any atom is -0.368 e. The van der Waals surface area contributed by atoms with Crippen molar-refractivity contribution in [1.29, 1.82) is 0 Å². The van der Waals surface area contributed by atoms with Crippen molar-refractivity contribution in [2.24, 2.45) is 7.05 Å². The summed E-state index contributed by atoms with van der Waals surface area (Å²) in [4.78, 5) is 0. The zero-order chi connectivity index (χ0) is 11.0. The quantitative estimate of drug-likeness (QED) is 0.846. The Hall–Kier alpha value is -1.77. The van der Waals surface area contributed by atoms with Gasteiger partial charge in [0.1, 0.15) is 5.82 Å². The van der Waals surface area contributed by atoms with Gasteiger partial charge in [-0.05, 0) is 17.5 Å². The normalized spacial score (nSPS) is 17.7. The zero-order valence-corrected chi connectivity index (χ0v) is 9.35. The largest absolute Gasteiger partial charge is 0.368 e. The number of fused-ring (bicyclic) bond motifs is 1. The van der Waals surface area contributed by atoms with E-state index in [0.29, 0.717) is 5.92 Å². The Morgan fingerprint density at radius 3 is 3.00 bits per heavy atom. The summed E-state index contributed by atoms with van der Waals surface area (Å²) in [5.41, 5.74) is 2.99. The van der Waals surface area contributed by atoms with Crippen LogP contribution in [0.5, 0.6) is 0 Å². The second-order valence-electron chi connectivity index (χ2n) is 4.36. The van der Waals surface area contributed by atoms with Gasteiger partial charge in [0, 0.05) is 31.8 Å². The number of rotatable bonds is 3. The number of hydrogen-bond donors (Lipinski definition) is 1. The van der Waals surface area contributed by atoms with E-state index in [-0.39, 0.29) is 0 Å². The lowest BCUT2D eigenvalue weighted by Gasteiger charge is -2.30. The number of hydrogen-bond acceptors (Lipinski definition) is 2. The Bertz CT molecular complexity index is 501. The molecule has 1 heterocycles. The van der Waals surface area contributed by atoms with E-state index in [9.17, 15) is 0 Å². The van der Waals surface area contributed by atoms with Crippen LogP contribution in [-0.4, -0.2) is 16.3 Å². The van der Waals surface area contributed by atoms with E-state index < -0.39 is 0 Å². The van der Waals surface area contributed by atoms with Crippen LogP contribution in [0.15, 0.2) is 36.5 Å². The van der Waals surface area contributed by atoms with Crippen molar-refractivity contribution in [3.63, 3.8) is 0 Å². The van der Waals surface area contributed by atoms with Gasteiger partial charge >= 0.3 is 0 Å². The molecule has 0 amide bonds. The molecule has 82 valence electrons. The van der Waals surface area contributed by atoms with Crippen LogP contribution in [0.1, 0.15) is 17.0 Å². The molecular formula is C13H15N3. The fourth-order valence-electron chi connectivity index (χ4n) is 2.28. The molecule has 1 unspecified atom stereocenters. The molecule has 1 aromatic heterocycles. The second kappa shape index (κ2) is 3.67. The Labute approximate surface area is 95.1 Å². The summed E-state index contributed by atoms with van der Waals surface area (Å²) in [6, 6.07) is 10.7. The highest BCUT2D eigenvalue weighted by Gasteiger charge is 2.24. The molecule has 0 aliphatic heterocycles. The maximum atomic E-state index is 4.30. The molecule has 1 aliphatic carbocycles. The first-order valence-corrected chi connectivity index (χ1v) is 5.64. The number of anilines is 1. The molecule has 16 heavy (non-hydrogen) atoms. The number of nitrogens with one attached hydrogen (secondary N) is 1. The van der Waals surface area contributed by atoms with Crippen molar-refractivity contribution in [3.05, 3.63) is 47.7 Å². The van der Waals surface area contributed by atoms with Gasteiger partial charge in [0.2, 0.25) is 0 Å². The zero-order valence-electron chi connectivity index (χ0n) is 9.35. The van der Waals surface area contributed by atoms with Crippen LogP contribution >= 0.6 is 0 Å². The first kappa shape index (κ1) is 9.46. The highest BCUT2D eigenvalue weighted by Crippen LogP contribution is 2.34. The average Bonchev–Trinajstić information content (AvgIpc) is 2.66. The molecule has 1 aliphatic rings. The number of nitrogens with zero attached hydrogens (tertiary/aromatic N) is 2. The second-order valence-corrected chi connectivity index (χ2v) is 4.36. The summed E-state index contributed by atoms with van der Waals surface area (Å²) in [5.74, 6) is 1.62. The molecule has 2 aromatic rings. The van der Waals surface area contributed by atoms with Gasteiger partial charge < -0.3 is 5.32 Å². The molecule has 0 saturated heterocycles. The van der Waals surface area contributed by atoms with Crippen molar-refractivity contribution in [1.82, 2.24) is 9.78 Å². The van der Waals surface area contributed by atoms with Crippen LogP contribution in [0.4, 0.5) is 5.82 Å². The minimum atomic E-state index is 0.651. The Morgan fingerprint density at radius 1 is 1.38 bits per heavy atom. The van der Waals surface area contributed by atoms with Crippen LogP contribution in [0, 0.1) is 0 Å². The van der Waals surface area contributed by atoms with Gasteiger partial charge in [-0.25, -0.2) is 0 Å².